The Hall–Kier alpha value is 0.850. The Morgan fingerprint density at radius 3 is 2.44 bits per heavy atom. The monoisotopic (exact) mass is 189 g/mol. The maximum Gasteiger partial charge on any atom is 0.118 e. The van der Waals surface area contributed by atoms with Crippen molar-refractivity contribution in [1.82, 2.24) is 4.31 Å². The molecule has 2 atom stereocenters. The molecule has 1 aliphatic rings. The lowest BCUT2D eigenvalue weighted by atomic mass is 10.4. The van der Waals surface area contributed by atoms with E-state index in [0.29, 0.717) is 6.42 Å². The van der Waals surface area contributed by atoms with Crippen LogP contribution < -0.4 is 0 Å². The number of hydrogen-bond donors (Lipinski definition) is 1. The summed E-state index contributed by atoms with van der Waals surface area (Å²) >= 11 is 7.14. The maximum absolute atomic E-state index is 8.99. The first-order chi connectivity index (χ1) is 3.70. The van der Waals surface area contributed by atoms with Gasteiger partial charge in [-0.25, -0.2) is 4.31 Å². The summed E-state index contributed by atoms with van der Waals surface area (Å²) in [5.41, 5.74) is 0. The van der Waals surface area contributed by atoms with Crippen LogP contribution >= 0.6 is 36.0 Å². The van der Waals surface area contributed by atoms with Gasteiger partial charge in [0.15, 0.2) is 0 Å². The second-order valence-electron chi connectivity index (χ2n) is 1.78. The van der Waals surface area contributed by atoms with E-state index in [0.717, 1.165) is 0 Å². The van der Waals surface area contributed by atoms with Crippen molar-refractivity contribution in [2.24, 2.45) is 0 Å². The van der Waals surface area contributed by atoms with Crippen molar-refractivity contribution >= 4 is 36.0 Å². The fourth-order valence-electron chi connectivity index (χ4n) is 0.608. The second kappa shape index (κ2) is 3.88. The third-order valence-corrected chi connectivity index (χ3v) is 2.51. The van der Waals surface area contributed by atoms with Gasteiger partial charge in [-0.2, -0.15) is 0 Å². The first-order valence-electron chi connectivity index (χ1n) is 2.42. The molecule has 56 valence electrons. The molecule has 9 heavy (non-hydrogen) atoms. The molecule has 0 aromatic carbocycles. The molecule has 0 aromatic heterocycles. The van der Waals surface area contributed by atoms with Crippen LogP contribution in [0.1, 0.15) is 6.42 Å². The average Bonchev–Trinajstić information content (AvgIpc) is 1.85. The number of alkyl halides is 1. The first-order valence-corrected chi connectivity index (χ1v) is 3.69. The molecule has 1 fully saturated rings. The van der Waals surface area contributed by atoms with Crippen molar-refractivity contribution in [3.8, 4) is 0 Å². The van der Waals surface area contributed by atoms with Gasteiger partial charge in [-0.3, -0.25) is 0 Å². The van der Waals surface area contributed by atoms with E-state index in [1.807, 2.05) is 7.05 Å². The van der Waals surface area contributed by atoms with Crippen molar-refractivity contribution in [2.45, 2.75) is 17.4 Å². The largest absolute Gasteiger partial charge is 0.377 e. The SMILES string of the molecule is CN1SC(Cl)CC1O.Cl. The average molecular weight is 190 g/mol. The second-order valence-corrected chi connectivity index (χ2v) is 3.92. The van der Waals surface area contributed by atoms with Crippen LogP contribution in [-0.4, -0.2) is 27.4 Å². The van der Waals surface area contributed by atoms with Crippen LogP contribution in [0.15, 0.2) is 0 Å². The Bertz CT molecular complexity index is 84.6. The predicted octanol–water partition coefficient (Wildman–Crippen LogP) is 1.28. The Balaban J connectivity index is 0.000000640. The lowest BCUT2D eigenvalue weighted by Gasteiger charge is -2.08. The van der Waals surface area contributed by atoms with Gasteiger partial charge >= 0.3 is 0 Å². The Labute approximate surface area is 70.1 Å². The summed E-state index contributed by atoms with van der Waals surface area (Å²) in [6, 6.07) is 0. The quantitative estimate of drug-likeness (QED) is 0.459. The number of hydrogen-bond acceptors (Lipinski definition) is 3. The summed E-state index contributed by atoms with van der Waals surface area (Å²) < 4.78 is 1.83. The molecule has 1 N–H and O–H groups in total. The number of rotatable bonds is 0. The third-order valence-electron chi connectivity index (χ3n) is 1.10. The lowest BCUT2D eigenvalue weighted by molar-refractivity contribution is 0.0930. The minimum Gasteiger partial charge on any atom is -0.377 e. The van der Waals surface area contributed by atoms with E-state index in [1.165, 1.54) is 11.9 Å². The summed E-state index contributed by atoms with van der Waals surface area (Å²) in [5, 5.41) is 8.99. The van der Waals surface area contributed by atoms with E-state index in [-0.39, 0.29) is 23.3 Å². The van der Waals surface area contributed by atoms with Gasteiger partial charge in [0.25, 0.3) is 0 Å². The van der Waals surface area contributed by atoms with E-state index in [2.05, 4.69) is 0 Å². The molecule has 0 aromatic rings. The number of nitrogens with zero attached hydrogens (tertiary/aromatic N) is 1. The molecule has 5 heteroatoms. The van der Waals surface area contributed by atoms with E-state index >= 15 is 0 Å². The molecule has 0 aliphatic carbocycles. The van der Waals surface area contributed by atoms with Crippen LogP contribution in [0.25, 0.3) is 0 Å². The van der Waals surface area contributed by atoms with Gasteiger partial charge in [-0.05, 0) is 0 Å². The molecule has 0 amide bonds. The summed E-state index contributed by atoms with van der Waals surface area (Å²) in [7, 11) is 1.83. The highest BCUT2D eigenvalue weighted by atomic mass is 35.5. The highest BCUT2D eigenvalue weighted by molar-refractivity contribution is 7.99. The fourth-order valence-corrected chi connectivity index (χ4v) is 1.99. The van der Waals surface area contributed by atoms with Crippen molar-refractivity contribution in [3.05, 3.63) is 0 Å². The highest BCUT2D eigenvalue weighted by Crippen LogP contribution is 2.32. The molecule has 0 bridgehead atoms. The molecule has 0 spiro atoms. The number of aliphatic hydroxyl groups is 1. The Morgan fingerprint density at radius 2 is 2.33 bits per heavy atom. The first kappa shape index (κ1) is 9.85. The van der Waals surface area contributed by atoms with E-state index in [9.17, 15) is 0 Å². The van der Waals surface area contributed by atoms with Crippen LogP contribution in [0.2, 0.25) is 0 Å². The molecule has 1 saturated heterocycles. The van der Waals surface area contributed by atoms with Crippen LogP contribution in [-0.2, 0) is 0 Å². The molecule has 1 aliphatic heterocycles. The van der Waals surface area contributed by atoms with Crippen LogP contribution in [0.5, 0.6) is 0 Å². The van der Waals surface area contributed by atoms with Crippen molar-refractivity contribution in [2.75, 3.05) is 7.05 Å². The maximum atomic E-state index is 8.99. The van der Waals surface area contributed by atoms with Crippen LogP contribution in [0.4, 0.5) is 0 Å². The van der Waals surface area contributed by atoms with Gasteiger partial charge in [-0.1, -0.05) is 11.9 Å². The molecule has 2 unspecified atom stereocenters. The van der Waals surface area contributed by atoms with Gasteiger partial charge in [0.2, 0.25) is 0 Å². The van der Waals surface area contributed by atoms with Gasteiger partial charge in [-0.15, -0.1) is 24.0 Å². The molecular formula is C4H9Cl2NOS. The normalized spacial score (nSPS) is 36.3. The summed E-state index contributed by atoms with van der Waals surface area (Å²) in [6.07, 6.45) is 0.324. The topological polar surface area (TPSA) is 23.5 Å². The zero-order valence-electron chi connectivity index (χ0n) is 4.95. The Kier molecular flexibility index (Phi) is 4.25. The van der Waals surface area contributed by atoms with E-state index in [1.54, 1.807) is 4.31 Å². The summed E-state index contributed by atoms with van der Waals surface area (Å²) in [5.74, 6) is 0. The van der Waals surface area contributed by atoms with Crippen molar-refractivity contribution < 1.29 is 5.11 Å². The van der Waals surface area contributed by atoms with Gasteiger partial charge in [0, 0.05) is 13.5 Å². The minimum absolute atomic E-state index is 0. The van der Waals surface area contributed by atoms with Gasteiger partial charge in [0.05, 0.1) is 4.71 Å². The van der Waals surface area contributed by atoms with Crippen molar-refractivity contribution in [3.63, 3.8) is 0 Å². The van der Waals surface area contributed by atoms with Gasteiger partial charge < -0.3 is 5.11 Å². The van der Waals surface area contributed by atoms with E-state index in [4.69, 9.17) is 16.7 Å². The molecule has 1 rings (SSSR count). The predicted molar refractivity (Wildman–Crippen MR) is 42.9 cm³/mol. The number of halogens is 2. The van der Waals surface area contributed by atoms with Crippen molar-refractivity contribution in [1.29, 1.82) is 0 Å². The number of aliphatic hydroxyl groups excluding tert-OH is 1. The zero-order valence-corrected chi connectivity index (χ0v) is 7.34. The van der Waals surface area contributed by atoms with E-state index < -0.39 is 0 Å². The smallest absolute Gasteiger partial charge is 0.118 e. The molecule has 0 saturated carbocycles. The van der Waals surface area contributed by atoms with Crippen LogP contribution in [0, 0.1) is 0 Å². The molecule has 2 nitrogen and oxygen atoms in total. The molecular weight excluding hydrogens is 181 g/mol. The summed E-state index contributed by atoms with van der Waals surface area (Å²) in [4.78, 5) is 0. The van der Waals surface area contributed by atoms with Gasteiger partial charge in [0.1, 0.15) is 6.23 Å². The highest BCUT2D eigenvalue weighted by Gasteiger charge is 2.26. The van der Waals surface area contributed by atoms with Crippen LogP contribution in [0.3, 0.4) is 0 Å². The molecule has 0 radical (unpaired) electrons. The summed E-state index contributed by atoms with van der Waals surface area (Å²) in [6.45, 7) is 0. The zero-order chi connectivity index (χ0) is 6.15. The molecule has 1 heterocycles. The lowest BCUT2D eigenvalue weighted by Crippen LogP contribution is -2.18. The fraction of sp³-hybridized carbons (Fsp3) is 1.00. The third kappa shape index (κ3) is 2.51. The Morgan fingerprint density at radius 1 is 1.78 bits per heavy atom. The standard InChI is InChI=1S/C4H8ClNOS.ClH/c1-6-4(7)2-3(5)8-6;/h3-4,7H,2H2,1H3;1H. The minimum atomic E-state index is -0.345.